The van der Waals surface area contributed by atoms with Gasteiger partial charge in [0.1, 0.15) is 0 Å². The fraction of sp³-hybridized carbons (Fsp3) is 0.929. The Hall–Kier alpha value is -0.0700. The molecule has 7 heteroatoms. The molecule has 2 fully saturated rings. The van der Waals surface area contributed by atoms with Gasteiger partial charge in [-0.2, -0.15) is 0 Å². The maximum absolute atomic E-state index is 12.5. The van der Waals surface area contributed by atoms with Gasteiger partial charge in [0.05, 0.1) is 11.6 Å². The van der Waals surface area contributed by atoms with Crippen LogP contribution in [0.3, 0.4) is 0 Å². The van der Waals surface area contributed by atoms with Crippen molar-refractivity contribution in [3.8, 4) is 0 Å². The van der Waals surface area contributed by atoms with Gasteiger partial charge in [0.2, 0.25) is 5.91 Å². The monoisotopic (exact) mass is 341 g/mol. The third-order valence-electron chi connectivity index (χ3n) is 4.47. The molecule has 0 spiro atoms. The summed E-state index contributed by atoms with van der Waals surface area (Å²) in [5.74, 6) is 0.133. The molecular weight excluding hydrogens is 313 g/mol. The molecule has 2 rings (SSSR count). The Kier molecular flexibility index (Phi) is 8.50. The standard InChI is InChI=1S/C14H27N3O2.2ClH/c1-11-9-17(8-7-16(11)10-12(2)18)13(19)14(15)5-3-4-6-14;;/h11-12,18H,3-10,15H2,1-2H3;2*1H. The highest BCUT2D eigenvalue weighted by atomic mass is 35.5. The summed E-state index contributed by atoms with van der Waals surface area (Å²) in [4.78, 5) is 16.7. The van der Waals surface area contributed by atoms with Crippen LogP contribution in [0.25, 0.3) is 0 Å². The van der Waals surface area contributed by atoms with Crippen LogP contribution in [0.1, 0.15) is 39.5 Å². The van der Waals surface area contributed by atoms with Crippen molar-refractivity contribution >= 4 is 30.7 Å². The van der Waals surface area contributed by atoms with Gasteiger partial charge in [-0.05, 0) is 26.7 Å². The summed E-state index contributed by atoms with van der Waals surface area (Å²) in [5.41, 5.74) is 5.64. The number of hydrogen-bond donors (Lipinski definition) is 2. The van der Waals surface area contributed by atoms with E-state index in [1.807, 2.05) is 4.90 Å². The highest BCUT2D eigenvalue weighted by Gasteiger charge is 2.41. The number of rotatable bonds is 3. The highest BCUT2D eigenvalue weighted by Crippen LogP contribution is 2.29. The lowest BCUT2D eigenvalue weighted by Crippen LogP contribution is -2.61. The first kappa shape index (κ1) is 20.9. The van der Waals surface area contributed by atoms with Gasteiger partial charge in [-0.15, -0.1) is 24.8 Å². The minimum atomic E-state index is -0.605. The molecule has 1 aliphatic carbocycles. The van der Waals surface area contributed by atoms with E-state index in [1.165, 1.54) is 0 Å². The molecule has 0 bridgehead atoms. The zero-order chi connectivity index (χ0) is 14.0. The lowest BCUT2D eigenvalue weighted by molar-refractivity contribution is -0.140. The van der Waals surface area contributed by atoms with Crippen molar-refractivity contribution in [1.82, 2.24) is 9.80 Å². The fourth-order valence-corrected chi connectivity index (χ4v) is 3.32. The van der Waals surface area contributed by atoms with Gasteiger partial charge in [-0.25, -0.2) is 0 Å². The second kappa shape index (κ2) is 8.53. The zero-order valence-corrected chi connectivity index (χ0v) is 14.6. The molecule has 0 aromatic rings. The number of aliphatic hydroxyl groups is 1. The first-order valence-electron chi connectivity index (χ1n) is 7.43. The minimum Gasteiger partial charge on any atom is -0.392 e. The third kappa shape index (κ3) is 4.96. The van der Waals surface area contributed by atoms with Crippen LogP contribution in [-0.2, 0) is 4.79 Å². The van der Waals surface area contributed by atoms with Gasteiger partial charge >= 0.3 is 0 Å². The van der Waals surface area contributed by atoms with Crippen molar-refractivity contribution in [3.63, 3.8) is 0 Å². The maximum atomic E-state index is 12.5. The number of carbonyl (C=O) groups is 1. The number of aliphatic hydroxyl groups excluding tert-OH is 1. The number of piperazine rings is 1. The number of amides is 1. The topological polar surface area (TPSA) is 69.8 Å². The molecule has 1 heterocycles. The lowest BCUT2D eigenvalue weighted by atomic mass is 9.96. The Morgan fingerprint density at radius 2 is 1.90 bits per heavy atom. The quantitative estimate of drug-likeness (QED) is 0.803. The molecule has 1 saturated heterocycles. The first-order valence-corrected chi connectivity index (χ1v) is 7.43. The predicted molar refractivity (Wildman–Crippen MR) is 89.2 cm³/mol. The highest BCUT2D eigenvalue weighted by molar-refractivity contribution is 5.86. The van der Waals surface area contributed by atoms with Gasteiger partial charge < -0.3 is 15.7 Å². The van der Waals surface area contributed by atoms with E-state index < -0.39 is 5.54 Å². The van der Waals surface area contributed by atoms with Crippen molar-refractivity contribution in [2.24, 2.45) is 5.73 Å². The zero-order valence-electron chi connectivity index (χ0n) is 13.0. The van der Waals surface area contributed by atoms with Crippen molar-refractivity contribution in [2.45, 2.75) is 57.2 Å². The SMILES string of the molecule is CC(O)CN1CCN(C(=O)C2(N)CCCC2)CC1C.Cl.Cl. The van der Waals surface area contributed by atoms with E-state index in [9.17, 15) is 9.90 Å². The van der Waals surface area contributed by atoms with Crippen LogP contribution in [0, 0.1) is 0 Å². The van der Waals surface area contributed by atoms with Crippen molar-refractivity contribution < 1.29 is 9.90 Å². The van der Waals surface area contributed by atoms with Crippen LogP contribution in [0.2, 0.25) is 0 Å². The number of hydrogen-bond acceptors (Lipinski definition) is 4. The van der Waals surface area contributed by atoms with Gasteiger partial charge in [0.15, 0.2) is 0 Å². The van der Waals surface area contributed by atoms with E-state index in [4.69, 9.17) is 5.73 Å². The van der Waals surface area contributed by atoms with Crippen LogP contribution in [0.4, 0.5) is 0 Å². The number of β-amino-alcohol motifs (C(OH)–C–C–N with tert-alkyl or cyclic N) is 1. The Balaban J connectivity index is 0.00000200. The fourth-order valence-electron chi connectivity index (χ4n) is 3.32. The van der Waals surface area contributed by atoms with Crippen molar-refractivity contribution in [2.75, 3.05) is 26.2 Å². The van der Waals surface area contributed by atoms with E-state index in [0.29, 0.717) is 6.54 Å². The molecule has 1 saturated carbocycles. The van der Waals surface area contributed by atoms with Gasteiger partial charge in [0.25, 0.3) is 0 Å². The predicted octanol–water partition coefficient (Wildman–Crippen LogP) is 1.01. The summed E-state index contributed by atoms with van der Waals surface area (Å²) >= 11 is 0. The summed E-state index contributed by atoms with van der Waals surface area (Å²) in [6.07, 6.45) is 3.47. The molecular formula is C14H29Cl2N3O2. The van der Waals surface area contributed by atoms with E-state index in [-0.39, 0.29) is 42.9 Å². The Morgan fingerprint density at radius 3 is 2.38 bits per heavy atom. The molecule has 126 valence electrons. The Bertz CT molecular complexity index is 336. The van der Waals surface area contributed by atoms with Gasteiger partial charge in [-0.1, -0.05) is 12.8 Å². The number of nitrogens with two attached hydrogens (primary N) is 1. The Labute approximate surface area is 140 Å². The summed E-state index contributed by atoms with van der Waals surface area (Å²) in [5, 5.41) is 9.47. The molecule has 1 aliphatic heterocycles. The molecule has 2 unspecified atom stereocenters. The molecule has 2 aliphatic rings. The molecule has 3 N–H and O–H groups in total. The van der Waals surface area contributed by atoms with E-state index in [1.54, 1.807) is 6.92 Å². The van der Waals surface area contributed by atoms with E-state index in [2.05, 4.69) is 11.8 Å². The molecule has 5 nitrogen and oxygen atoms in total. The van der Waals surface area contributed by atoms with Crippen LogP contribution in [0.5, 0.6) is 0 Å². The summed E-state index contributed by atoms with van der Waals surface area (Å²) in [7, 11) is 0. The normalized spacial score (nSPS) is 26.7. The van der Waals surface area contributed by atoms with E-state index in [0.717, 1.165) is 45.3 Å². The summed E-state index contributed by atoms with van der Waals surface area (Å²) in [6, 6.07) is 0.289. The average molecular weight is 342 g/mol. The molecule has 0 radical (unpaired) electrons. The lowest BCUT2D eigenvalue weighted by Gasteiger charge is -2.42. The van der Waals surface area contributed by atoms with Crippen LogP contribution >= 0.6 is 24.8 Å². The van der Waals surface area contributed by atoms with Crippen molar-refractivity contribution in [1.29, 1.82) is 0 Å². The first-order chi connectivity index (χ1) is 8.92. The second-order valence-corrected chi connectivity index (χ2v) is 6.31. The van der Waals surface area contributed by atoms with Crippen LogP contribution in [0.15, 0.2) is 0 Å². The molecule has 0 aromatic heterocycles. The second-order valence-electron chi connectivity index (χ2n) is 6.31. The van der Waals surface area contributed by atoms with E-state index >= 15 is 0 Å². The molecule has 21 heavy (non-hydrogen) atoms. The Morgan fingerprint density at radius 1 is 1.33 bits per heavy atom. The largest absolute Gasteiger partial charge is 0.392 e. The summed E-state index contributed by atoms with van der Waals surface area (Å²) < 4.78 is 0. The number of halogens is 2. The smallest absolute Gasteiger partial charge is 0.242 e. The van der Waals surface area contributed by atoms with Crippen LogP contribution < -0.4 is 5.73 Å². The van der Waals surface area contributed by atoms with Crippen molar-refractivity contribution in [3.05, 3.63) is 0 Å². The summed E-state index contributed by atoms with van der Waals surface area (Å²) in [6.45, 7) is 6.88. The third-order valence-corrected chi connectivity index (χ3v) is 4.47. The average Bonchev–Trinajstić information content (AvgIpc) is 2.78. The van der Waals surface area contributed by atoms with Gasteiger partial charge in [0, 0.05) is 32.2 Å². The van der Waals surface area contributed by atoms with Crippen LogP contribution in [-0.4, -0.2) is 64.7 Å². The molecule has 1 amide bonds. The number of nitrogens with zero attached hydrogens (tertiary/aromatic N) is 2. The molecule has 0 aromatic carbocycles. The minimum absolute atomic E-state index is 0. The number of carbonyl (C=O) groups excluding carboxylic acids is 1. The molecule has 2 atom stereocenters. The maximum Gasteiger partial charge on any atom is 0.242 e. The van der Waals surface area contributed by atoms with Gasteiger partial charge in [-0.3, -0.25) is 9.69 Å².